The molecule has 1 fully saturated rings. The summed E-state index contributed by atoms with van der Waals surface area (Å²) in [6.07, 6.45) is 2.18. The third-order valence-electron chi connectivity index (χ3n) is 7.25. The van der Waals surface area contributed by atoms with Gasteiger partial charge in [-0.1, -0.05) is 41.9 Å². The van der Waals surface area contributed by atoms with Crippen molar-refractivity contribution in [2.45, 2.75) is 44.2 Å². The number of benzene rings is 2. The van der Waals surface area contributed by atoms with Crippen molar-refractivity contribution >= 4 is 38.5 Å². The fourth-order valence-corrected chi connectivity index (χ4v) is 6.82. The number of H-pyrrole nitrogens is 1. The van der Waals surface area contributed by atoms with Gasteiger partial charge in [-0.05, 0) is 49.4 Å². The van der Waals surface area contributed by atoms with Gasteiger partial charge in [0.25, 0.3) is 15.6 Å². The van der Waals surface area contributed by atoms with Crippen molar-refractivity contribution in [1.29, 1.82) is 0 Å². The van der Waals surface area contributed by atoms with Crippen LogP contribution in [0.5, 0.6) is 0 Å². The molecule has 3 aromatic heterocycles. The fraction of sp³-hybridized carbons (Fsp3) is 0.286. The minimum Gasteiger partial charge on any atom is -0.336 e. The third-order valence-corrected chi connectivity index (χ3v) is 9.33. The van der Waals surface area contributed by atoms with E-state index in [4.69, 9.17) is 11.6 Å². The second-order valence-electron chi connectivity index (χ2n) is 10.5. The van der Waals surface area contributed by atoms with Crippen LogP contribution in [-0.4, -0.2) is 37.3 Å². The number of hydrogen-bond acceptors (Lipinski definition) is 6. The van der Waals surface area contributed by atoms with E-state index in [2.05, 4.69) is 19.8 Å². The van der Waals surface area contributed by atoms with Gasteiger partial charge in [-0.25, -0.2) is 22.6 Å². The number of nitrogens with one attached hydrogen (secondary N) is 2. The van der Waals surface area contributed by atoms with Crippen molar-refractivity contribution in [3.63, 3.8) is 0 Å². The first-order valence-corrected chi connectivity index (χ1v) is 15.1. The minimum atomic E-state index is -4.02. The number of rotatable bonds is 9. The van der Waals surface area contributed by atoms with Gasteiger partial charge in [0.15, 0.2) is 5.65 Å². The third kappa shape index (κ3) is 5.25. The van der Waals surface area contributed by atoms with Crippen LogP contribution < -0.4 is 16.0 Å². The number of hydrogen-bond donors (Lipinski definition) is 2. The van der Waals surface area contributed by atoms with Crippen molar-refractivity contribution in [1.82, 2.24) is 28.9 Å². The Bertz CT molecular complexity index is 2080. The Labute approximate surface area is 244 Å². The highest BCUT2D eigenvalue weighted by Crippen LogP contribution is 2.31. The molecule has 218 valence electrons. The van der Waals surface area contributed by atoms with Gasteiger partial charge in [-0.15, -0.1) is 0 Å². The number of aromatic nitrogens is 6. The Morgan fingerprint density at radius 3 is 2.57 bits per heavy atom. The van der Waals surface area contributed by atoms with Crippen LogP contribution in [0.15, 0.2) is 63.0 Å². The van der Waals surface area contributed by atoms with Gasteiger partial charge in [-0.3, -0.25) is 23.3 Å². The van der Waals surface area contributed by atoms with E-state index in [1.807, 2.05) is 0 Å². The zero-order valence-corrected chi connectivity index (χ0v) is 24.3. The molecule has 0 aliphatic heterocycles. The molecule has 1 saturated carbocycles. The van der Waals surface area contributed by atoms with Crippen LogP contribution in [-0.2, 0) is 36.6 Å². The summed E-state index contributed by atoms with van der Waals surface area (Å²) in [6.45, 7) is 1.76. The first-order valence-electron chi connectivity index (χ1n) is 13.3. The quantitative estimate of drug-likeness (QED) is 0.261. The molecule has 0 amide bonds. The summed E-state index contributed by atoms with van der Waals surface area (Å²) in [6, 6.07) is 12.8. The number of nitrogens with zero attached hydrogens (tertiary/aromatic N) is 5. The van der Waals surface area contributed by atoms with E-state index >= 15 is 0 Å². The van der Waals surface area contributed by atoms with E-state index in [0.29, 0.717) is 29.5 Å². The summed E-state index contributed by atoms with van der Waals surface area (Å²) in [5, 5.41) is 4.07. The van der Waals surface area contributed by atoms with Crippen molar-refractivity contribution < 1.29 is 12.8 Å². The summed E-state index contributed by atoms with van der Waals surface area (Å²) in [4.78, 5) is 34.5. The summed E-state index contributed by atoms with van der Waals surface area (Å²) in [5.74, 6) is 0.229. The predicted molar refractivity (Wildman–Crippen MR) is 156 cm³/mol. The van der Waals surface area contributed by atoms with E-state index < -0.39 is 27.1 Å². The molecule has 1 aliphatic carbocycles. The highest BCUT2D eigenvalue weighted by atomic mass is 35.5. The van der Waals surface area contributed by atoms with Gasteiger partial charge < -0.3 is 4.98 Å². The van der Waals surface area contributed by atoms with Crippen LogP contribution in [0.2, 0.25) is 5.15 Å². The largest absolute Gasteiger partial charge is 0.336 e. The molecule has 3 heterocycles. The highest BCUT2D eigenvalue weighted by Gasteiger charge is 2.27. The molecule has 0 spiro atoms. The van der Waals surface area contributed by atoms with Gasteiger partial charge in [-0.2, -0.15) is 5.10 Å². The second-order valence-corrected chi connectivity index (χ2v) is 12.5. The Hall–Kier alpha value is -4.23. The van der Waals surface area contributed by atoms with Gasteiger partial charge >= 0.3 is 5.69 Å². The molecule has 42 heavy (non-hydrogen) atoms. The Kier molecular flexibility index (Phi) is 7.01. The standard InChI is InChI=1S/C28H27ClFN7O4S/c1-16-24(25(29)35(2)33-16)42(40,41)34-20-8-5-6-18(12-20)13-22-31-23-26(32-22)36(14-17-10-11-17)28(39)37(27(23)38)15-19-7-3-4-9-21(19)30/h3-9,12,17,34H,10-11,13-15H2,1-2H3,(H,31,32). The average Bonchev–Trinajstić information content (AvgIpc) is 3.59. The first kappa shape index (κ1) is 27.9. The zero-order chi connectivity index (χ0) is 29.8. The summed E-state index contributed by atoms with van der Waals surface area (Å²) < 4.78 is 46.9. The van der Waals surface area contributed by atoms with Crippen molar-refractivity contribution in [2.24, 2.45) is 13.0 Å². The molecule has 5 aromatic rings. The summed E-state index contributed by atoms with van der Waals surface area (Å²) in [7, 11) is -2.46. The lowest BCUT2D eigenvalue weighted by Crippen LogP contribution is -2.40. The van der Waals surface area contributed by atoms with E-state index in [0.717, 1.165) is 17.4 Å². The monoisotopic (exact) mass is 611 g/mol. The van der Waals surface area contributed by atoms with E-state index in [1.54, 1.807) is 56.4 Å². The van der Waals surface area contributed by atoms with Crippen molar-refractivity contribution in [3.8, 4) is 0 Å². The lowest BCUT2D eigenvalue weighted by atomic mass is 10.1. The minimum absolute atomic E-state index is 0.00339. The van der Waals surface area contributed by atoms with Crippen LogP contribution in [0.25, 0.3) is 11.2 Å². The van der Waals surface area contributed by atoms with E-state index in [1.165, 1.54) is 15.3 Å². The molecule has 0 saturated heterocycles. The molecular weight excluding hydrogens is 585 g/mol. The van der Waals surface area contributed by atoms with Gasteiger partial charge in [0, 0.05) is 31.3 Å². The average molecular weight is 612 g/mol. The number of aryl methyl sites for hydroxylation is 2. The van der Waals surface area contributed by atoms with Crippen molar-refractivity contribution in [3.05, 3.63) is 103 Å². The Balaban J connectivity index is 1.34. The maximum absolute atomic E-state index is 14.4. The van der Waals surface area contributed by atoms with Crippen molar-refractivity contribution in [2.75, 3.05) is 4.72 Å². The second kappa shape index (κ2) is 10.6. The molecule has 6 rings (SSSR count). The topological polar surface area (TPSA) is 137 Å². The normalized spacial score (nSPS) is 13.6. The van der Waals surface area contributed by atoms with Crippen LogP contribution in [0, 0.1) is 18.7 Å². The van der Waals surface area contributed by atoms with Gasteiger partial charge in [0.2, 0.25) is 0 Å². The summed E-state index contributed by atoms with van der Waals surface area (Å²) in [5.41, 5.74) is 0.778. The molecule has 0 radical (unpaired) electrons. The maximum atomic E-state index is 14.4. The number of fused-ring (bicyclic) bond motifs is 1. The lowest BCUT2D eigenvalue weighted by molar-refractivity contribution is 0.548. The lowest BCUT2D eigenvalue weighted by Gasteiger charge is -2.11. The number of halogens is 2. The molecule has 1 aliphatic rings. The Morgan fingerprint density at radius 2 is 1.88 bits per heavy atom. The molecule has 2 N–H and O–H groups in total. The van der Waals surface area contributed by atoms with Crippen LogP contribution in [0.1, 0.15) is 35.5 Å². The van der Waals surface area contributed by atoms with E-state index in [-0.39, 0.29) is 45.4 Å². The molecule has 0 unspecified atom stereocenters. The van der Waals surface area contributed by atoms with Crippen LogP contribution in [0.3, 0.4) is 0 Å². The number of aromatic amines is 1. The molecule has 2 aromatic carbocycles. The molecule has 11 nitrogen and oxygen atoms in total. The summed E-state index contributed by atoms with van der Waals surface area (Å²) >= 11 is 6.18. The smallest absolute Gasteiger partial charge is 0.333 e. The first-order chi connectivity index (χ1) is 20.0. The molecule has 14 heteroatoms. The number of imidazole rings is 1. The predicted octanol–water partition coefficient (Wildman–Crippen LogP) is 3.57. The fourth-order valence-electron chi connectivity index (χ4n) is 5.02. The SMILES string of the molecule is Cc1nn(C)c(Cl)c1S(=O)(=O)Nc1cccc(Cc2nc3c([nH]2)c(=O)n(Cc2ccccc2F)c(=O)n3CC2CC2)c1. The van der Waals surface area contributed by atoms with Crippen LogP contribution in [0.4, 0.5) is 10.1 Å². The maximum Gasteiger partial charge on any atom is 0.333 e. The molecular formula is C28H27ClFN7O4S. The Morgan fingerprint density at radius 1 is 1.12 bits per heavy atom. The van der Waals surface area contributed by atoms with E-state index in [9.17, 15) is 22.4 Å². The van der Waals surface area contributed by atoms with Crippen LogP contribution >= 0.6 is 11.6 Å². The number of anilines is 1. The zero-order valence-electron chi connectivity index (χ0n) is 22.8. The molecule has 0 bridgehead atoms. The van der Waals surface area contributed by atoms with Gasteiger partial charge in [0.05, 0.1) is 12.2 Å². The highest BCUT2D eigenvalue weighted by molar-refractivity contribution is 7.92. The number of sulfonamides is 1. The van der Waals surface area contributed by atoms with Gasteiger partial charge in [0.1, 0.15) is 27.2 Å². The molecule has 0 atom stereocenters.